The molecule has 1 saturated heterocycles. The lowest BCUT2D eigenvalue weighted by molar-refractivity contribution is 0.136. The molecule has 0 amide bonds. The largest absolute Gasteiger partial charge is 0.508 e. The summed E-state index contributed by atoms with van der Waals surface area (Å²) in [6.07, 6.45) is 1.08. The number of nitrogens with zero attached hydrogens (tertiary/aromatic N) is 1. The van der Waals surface area contributed by atoms with Gasteiger partial charge in [-0.15, -0.1) is 0 Å². The van der Waals surface area contributed by atoms with E-state index in [1.807, 2.05) is 30.3 Å². The van der Waals surface area contributed by atoms with E-state index in [1.165, 1.54) is 13.0 Å². The molecule has 1 fully saturated rings. The van der Waals surface area contributed by atoms with Crippen LogP contribution >= 0.6 is 0 Å². The summed E-state index contributed by atoms with van der Waals surface area (Å²) in [4.78, 5) is 2.47. The number of aromatic hydroxyl groups is 2. The van der Waals surface area contributed by atoms with E-state index < -0.39 is 0 Å². The topological polar surface area (TPSA) is 62.2 Å². The van der Waals surface area contributed by atoms with Gasteiger partial charge in [-0.05, 0) is 78.4 Å². The summed E-state index contributed by atoms with van der Waals surface area (Å²) in [6.45, 7) is 8.45. The zero-order valence-corrected chi connectivity index (χ0v) is 19.9. The minimum absolute atomic E-state index is 0.0267. The van der Waals surface area contributed by atoms with E-state index in [2.05, 4.69) is 30.9 Å². The molecule has 0 saturated carbocycles. The third-order valence-electron chi connectivity index (χ3n) is 7.27. The zero-order valence-electron chi connectivity index (χ0n) is 19.9. The van der Waals surface area contributed by atoms with Gasteiger partial charge in [0.05, 0.1) is 0 Å². The van der Waals surface area contributed by atoms with Gasteiger partial charge in [0.2, 0.25) is 0 Å². The Labute approximate surface area is 201 Å². The third-order valence-corrected chi connectivity index (χ3v) is 7.27. The number of hydrogen-bond acceptors (Lipinski definition) is 5. The van der Waals surface area contributed by atoms with E-state index in [9.17, 15) is 10.2 Å². The van der Waals surface area contributed by atoms with Crippen molar-refractivity contribution in [3.05, 3.63) is 83.4 Å². The van der Waals surface area contributed by atoms with Crippen LogP contribution in [-0.4, -0.2) is 41.4 Å². The molecule has 3 aromatic carbocycles. The average Bonchev–Trinajstić information content (AvgIpc) is 3.25. The van der Waals surface area contributed by atoms with Crippen LogP contribution in [0.5, 0.6) is 23.0 Å². The molecule has 2 aliphatic heterocycles. The van der Waals surface area contributed by atoms with Crippen molar-refractivity contribution in [2.24, 2.45) is 5.92 Å². The van der Waals surface area contributed by atoms with Gasteiger partial charge in [0, 0.05) is 24.6 Å². The molecule has 34 heavy (non-hydrogen) atoms. The van der Waals surface area contributed by atoms with Gasteiger partial charge >= 0.3 is 0 Å². The van der Waals surface area contributed by atoms with E-state index >= 15 is 0 Å². The van der Waals surface area contributed by atoms with E-state index in [4.69, 9.17) is 9.47 Å². The van der Waals surface area contributed by atoms with Crippen molar-refractivity contribution in [1.82, 2.24) is 4.90 Å². The van der Waals surface area contributed by atoms with Crippen LogP contribution in [0, 0.1) is 5.92 Å². The second-order valence-corrected chi connectivity index (χ2v) is 9.78. The lowest BCUT2D eigenvalue weighted by atomic mass is 9.75. The number of likely N-dealkylation sites (tertiary alicyclic amines) is 1. The first-order valence-corrected chi connectivity index (χ1v) is 12.2. The molecule has 0 radical (unpaired) electrons. The molecule has 3 aromatic rings. The van der Waals surface area contributed by atoms with Crippen LogP contribution in [0.4, 0.5) is 0 Å². The molecule has 0 aromatic heterocycles. The quantitative estimate of drug-likeness (QED) is 0.485. The molecule has 2 N–H and O–H groups in total. The maximum absolute atomic E-state index is 10.1. The Morgan fingerprint density at radius 3 is 2.32 bits per heavy atom. The van der Waals surface area contributed by atoms with Crippen LogP contribution in [0.15, 0.2) is 66.7 Å². The lowest BCUT2D eigenvalue weighted by Gasteiger charge is -2.39. The van der Waals surface area contributed by atoms with Crippen molar-refractivity contribution in [3.63, 3.8) is 0 Å². The van der Waals surface area contributed by atoms with Gasteiger partial charge in [0.1, 0.15) is 35.7 Å². The van der Waals surface area contributed by atoms with Gasteiger partial charge in [-0.1, -0.05) is 38.1 Å². The highest BCUT2D eigenvalue weighted by Crippen LogP contribution is 2.51. The highest BCUT2D eigenvalue weighted by Gasteiger charge is 2.38. The predicted octanol–water partition coefficient (Wildman–Crippen LogP) is 5.84. The summed E-state index contributed by atoms with van der Waals surface area (Å²) < 4.78 is 12.5. The Hall–Kier alpha value is -3.18. The van der Waals surface area contributed by atoms with Crippen molar-refractivity contribution in [2.75, 3.05) is 26.2 Å². The summed E-state index contributed by atoms with van der Waals surface area (Å²) in [7, 11) is 0. The van der Waals surface area contributed by atoms with Crippen LogP contribution in [0.3, 0.4) is 0 Å². The molecule has 0 unspecified atom stereocenters. The van der Waals surface area contributed by atoms with Crippen molar-refractivity contribution in [2.45, 2.75) is 38.2 Å². The molecule has 5 rings (SSSR count). The lowest BCUT2D eigenvalue weighted by Crippen LogP contribution is -2.27. The second kappa shape index (κ2) is 9.59. The molecule has 5 heteroatoms. The van der Waals surface area contributed by atoms with Crippen molar-refractivity contribution >= 4 is 0 Å². The highest BCUT2D eigenvalue weighted by atomic mass is 16.5. The summed E-state index contributed by atoms with van der Waals surface area (Å²) >= 11 is 0. The van der Waals surface area contributed by atoms with Crippen molar-refractivity contribution in [3.8, 4) is 23.0 Å². The minimum Gasteiger partial charge on any atom is -0.508 e. The molecular formula is C29H33NO4. The van der Waals surface area contributed by atoms with Gasteiger partial charge in [-0.2, -0.15) is 0 Å². The second-order valence-electron chi connectivity index (χ2n) is 9.78. The Morgan fingerprint density at radius 2 is 1.62 bits per heavy atom. The number of hydrogen-bond donors (Lipinski definition) is 2. The molecule has 0 spiro atoms. The molecule has 2 heterocycles. The van der Waals surface area contributed by atoms with Gasteiger partial charge in [-0.3, -0.25) is 4.90 Å². The van der Waals surface area contributed by atoms with Crippen LogP contribution in [0.25, 0.3) is 0 Å². The number of ether oxygens (including phenoxy) is 2. The average molecular weight is 460 g/mol. The predicted molar refractivity (Wildman–Crippen MR) is 133 cm³/mol. The Balaban J connectivity index is 1.36. The summed E-state index contributed by atoms with van der Waals surface area (Å²) in [5.74, 6) is 3.07. The number of phenols is 2. The first-order chi connectivity index (χ1) is 16.5. The first kappa shape index (κ1) is 22.6. The van der Waals surface area contributed by atoms with Gasteiger partial charge in [0.15, 0.2) is 0 Å². The van der Waals surface area contributed by atoms with E-state index in [1.54, 1.807) is 24.3 Å². The number of phenolic OH excluding ortho intramolecular Hbond substituents is 2. The summed E-state index contributed by atoms with van der Waals surface area (Å²) in [6, 6.07) is 20.9. The molecule has 4 atom stereocenters. The molecule has 0 bridgehead atoms. The fraction of sp³-hybridized carbons (Fsp3) is 0.379. The van der Waals surface area contributed by atoms with E-state index in [0.717, 1.165) is 47.2 Å². The standard InChI is InChI=1S/C29H33NO4/c1-19-13-14-30(18-19)15-16-33-25-10-5-22(6-11-25)29-28(21-3-7-23(31)8-4-21)20(2)26-17-24(32)9-12-27(26)34-29/h3-12,17,19-20,28-29,31-32H,13-16,18H2,1-2H3/t19-,20-,28-,29+/m1/s1. The van der Waals surface area contributed by atoms with Gasteiger partial charge < -0.3 is 19.7 Å². The monoisotopic (exact) mass is 459 g/mol. The molecule has 2 aliphatic rings. The summed E-state index contributed by atoms with van der Waals surface area (Å²) in [5, 5.41) is 19.9. The van der Waals surface area contributed by atoms with E-state index in [-0.39, 0.29) is 29.4 Å². The normalized spacial score (nSPS) is 24.4. The molecular weight excluding hydrogens is 426 g/mol. The van der Waals surface area contributed by atoms with Crippen molar-refractivity contribution < 1.29 is 19.7 Å². The Morgan fingerprint density at radius 1 is 0.912 bits per heavy atom. The Bertz CT molecular complexity index is 1110. The number of fused-ring (bicyclic) bond motifs is 1. The maximum atomic E-state index is 10.1. The fourth-order valence-electron chi connectivity index (χ4n) is 5.38. The summed E-state index contributed by atoms with van der Waals surface area (Å²) in [5.41, 5.74) is 3.15. The highest BCUT2D eigenvalue weighted by molar-refractivity contribution is 5.48. The van der Waals surface area contributed by atoms with Crippen molar-refractivity contribution in [1.29, 1.82) is 0 Å². The molecule has 5 nitrogen and oxygen atoms in total. The van der Waals surface area contributed by atoms with Gasteiger partial charge in [-0.25, -0.2) is 0 Å². The van der Waals surface area contributed by atoms with Crippen LogP contribution in [0.2, 0.25) is 0 Å². The fourth-order valence-corrected chi connectivity index (χ4v) is 5.38. The SMILES string of the molecule is C[C@@H]1CCN(CCOc2ccc([C@@H]3Oc4ccc(O)cc4[C@@H](C)[C@@H]3c3ccc(O)cc3)cc2)C1. The third kappa shape index (κ3) is 4.71. The number of benzene rings is 3. The molecule has 178 valence electrons. The van der Waals surface area contributed by atoms with E-state index in [0.29, 0.717) is 6.61 Å². The van der Waals surface area contributed by atoms with Crippen LogP contribution < -0.4 is 9.47 Å². The molecule has 0 aliphatic carbocycles. The number of rotatable bonds is 6. The van der Waals surface area contributed by atoms with Gasteiger partial charge in [0.25, 0.3) is 0 Å². The smallest absolute Gasteiger partial charge is 0.131 e. The Kier molecular flexibility index (Phi) is 6.38. The minimum atomic E-state index is -0.197. The maximum Gasteiger partial charge on any atom is 0.131 e. The van der Waals surface area contributed by atoms with Crippen LogP contribution in [-0.2, 0) is 0 Å². The first-order valence-electron chi connectivity index (χ1n) is 12.2. The van der Waals surface area contributed by atoms with Crippen LogP contribution in [0.1, 0.15) is 54.9 Å². The zero-order chi connectivity index (χ0) is 23.7.